The summed E-state index contributed by atoms with van der Waals surface area (Å²) in [5.74, 6) is 0. The Morgan fingerprint density at radius 3 is 1.62 bits per heavy atom. The SMILES string of the molecule is CC(C)(C)c1ccc([C@H](NS(=O)C(C)(C)C)c2ccccc2P(c2ccccc2)c2ccccc2)cc1. The van der Waals surface area contributed by atoms with Crippen molar-refractivity contribution in [2.24, 2.45) is 0 Å². The van der Waals surface area contributed by atoms with Gasteiger partial charge >= 0.3 is 0 Å². The number of benzene rings is 4. The molecule has 0 radical (unpaired) electrons. The van der Waals surface area contributed by atoms with E-state index in [9.17, 15) is 4.21 Å². The Kier molecular flexibility index (Phi) is 8.49. The summed E-state index contributed by atoms with van der Waals surface area (Å²) in [5, 5.41) is 3.88. The average molecular weight is 528 g/mol. The minimum Gasteiger partial charge on any atom is -0.242 e. The molecular weight excluding hydrogens is 489 g/mol. The zero-order valence-electron chi connectivity index (χ0n) is 22.7. The molecule has 4 aromatic carbocycles. The molecule has 192 valence electrons. The van der Waals surface area contributed by atoms with Crippen LogP contribution in [-0.2, 0) is 16.4 Å². The maximum atomic E-state index is 13.5. The van der Waals surface area contributed by atoms with E-state index in [0.717, 1.165) is 5.56 Å². The van der Waals surface area contributed by atoms with Gasteiger partial charge in [0.05, 0.1) is 21.8 Å². The molecule has 4 heteroatoms. The predicted molar refractivity (Wildman–Crippen MR) is 163 cm³/mol. The molecule has 1 N–H and O–H groups in total. The summed E-state index contributed by atoms with van der Waals surface area (Å²) >= 11 is 0. The van der Waals surface area contributed by atoms with Crippen LogP contribution in [0.3, 0.4) is 0 Å². The highest BCUT2D eigenvalue weighted by Crippen LogP contribution is 2.37. The van der Waals surface area contributed by atoms with Crippen LogP contribution in [0.4, 0.5) is 0 Å². The molecule has 4 rings (SSSR count). The van der Waals surface area contributed by atoms with Crippen LogP contribution >= 0.6 is 7.92 Å². The van der Waals surface area contributed by atoms with E-state index in [1.54, 1.807) is 0 Å². The molecule has 0 saturated carbocycles. The molecule has 0 amide bonds. The van der Waals surface area contributed by atoms with Crippen LogP contribution in [0.5, 0.6) is 0 Å². The maximum Gasteiger partial charge on any atom is 0.0979 e. The van der Waals surface area contributed by atoms with Crippen molar-refractivity contribution in [2.75, 3.05) is 0 Å². The van der Waals surface area contributed by atoms with Gasteiger partial charge in [0, 0.05) is 0 Å². The number of hydrogen-bond acceptors (Lipinski definition) is 1. The molecule has 0 aliphatic rings. The molecule has 0 heterocycles. The molecule has 0 fully saturated rings. The Morgan fingerprint density at radius 1 is 0.649 bits per heavy atom. The number of rotatable bonds is 7. The summed E-state index contributed by atoms with van der Waals surface area (Å²) in [6.07, 6.45) is 0. The molecular formula is C33H38NOPS. The summed E-state index contributed by atoms with van der Waals surface area (Å²) in [4.78, 5) is 0. The van der Waals surface area contributed by atoms with Gasteiger partial charge in [0.2, 0.25) is 0 Å². The van der Waals surface area contributed by atoms with E-state index in [-0.39, 0.29) is 16.2 Å². The Morgan fingerprint density at radius 2 is 1.14 bits per heavy atom. The Hall–Kier alpha value is -2.58. The van der Waals surface area contributed by atoms with Crippen LogP contribution in [0.2, 0.25) is 0 Å². The van der Waals surface area contributed by atoms with Gasteiger partial charge in [-0.2, -0.15) is 0 Å². The van der Waals surface area contributed by atoms with Crippen LogP contribution in [0, 0.1) is 0 Å². The van der Waals surface area contributed by atoms with Crippen molar-refractivity contribution in [3.8, 4) is 0 Å². The molecule has 0 saturated heterocycles. The Labute approximate surface area is 226 Å². The van der Waals surface area contributed by atoms with Gasteiger partial charge in [0.1, 0.15) is 0 Å². The minimum absolute atomic E-state index is 0.0720. The van der Waals surface area contributed by atoms with Gasteiger partial charge in [-0.1, -0.05) is 130 Å². The standard InChI is InChI=1S/C33H38NOPS/c1-32(2,3)26-23-21-25(22-24-26)31(34-37(35)33(4,5)6)29-19-13-14-20-30(29)36(27-15-9-7-10-16-27)28-17-11-8-12-18-28/h7-24,31,34H,1-6H3/t31-,37?/m0/s1. The molecule has 4 aromatic rings. The van der Waals surface area contributed by atoms with E-state index >= 15 is 0 Å². The first kappa shape index (κ1) is 27.5. The largest absolute Gasteiger partial charge is 0.242 e. The monoisotopic (exact) mass is 527 g/mol. The van der Waals surface area contributed by atoms with Crippen LogP contribution in [0.15, 0.2) is 109 Å². The first-order valence-corrected chi connectivity index (χ1v) is 15.3. The van der Waals surface area contributed by atoms with Crippen molar-refractivity contribution in [1.82, 2.24) is 4.72 Å². The maximum absolute atomic E-state index is 13.5. The van der Waals surface area contributed by atoms with E-state index in [1.165, 1.54) is 27.0 Å². The number of hydrogen-bond donors (Lipinski definition) is 1. The van der Waals surface area contributed by atoms with Gasteiger partial charge in [-0.05, 0) is 66.7 Å². The van der Waals surface area contributed by atoms with Crippen LogP contribution in [-0.4, -0.2) is 8.96 Å². The van der Waals surface area contributed by atoms with Gasteiger partial charge in [0.25, 0.3) is 0 Å². The molecule has 0 aliphatic heterocycles. The summed E-state index contributed by atoms with van der Waals surface area (Å²) in [6, 6.07) is 38.8. The van der Waals surface area contributed by atoms with E-state index in [4.69, 9.17) is 0 Å². The summed E-state index contributed by atoms with van der Waals surface area (Å²) in [7, 11) is -2.05. The van der Waals surface area contributed by atoms with Gasteiger partial charge < -0.3 is 0 Å². The van der Waals surface area contributed by atoms with Gasteiger partial charge in [-0.25, -0.2) is 8.93 Å². The lowest BCUT2D eigenvalue weighted by Crippen LogP contribution is -2.38. The molecule has 37 heavy (non-hydrogen) atoms. The third-order valence-corrected chi connectivity index (χ3v) is 10.5. The quantitative estimate of drug-likeness (QED) is 0.261. The number of nitrogens with one attached hydrogen (secondary N) is 1. The predicted octanol–water partition coefficient (Wildman–Crippen LogP) is 6.88. The van der Waals surface area contributed by atoms with Gasteiger partial charge in [-0.3, -0.25) is 0 Å². The Balaban J connectivity index is 1.89. The fourth-order valence-electron chi connectivity index (χ4n) is 4.29. The van der Waals surface area contributed by atoms with E-state index < -0.39 is 18.9 Å². The topological polar surface area (TPSA) is 29.1 Å². The molecule has 0 bridgehead atoms. The van der Waals surface area contributed by atoms with Crippen LogP contribution < -0.4 is 20.6 Å². The fourth-order valence-corrected chi connectivity index (χ4v) is 7.61. The Bertz CT molecular complexity index is 1280. The first-order chi connectivity index (χ1) is 17.6. The zero-order valence-corrected chi connectivity index (χ0v) is 24.4. The van der Waals surface area contributed by atoms with Crippen molar-refractivity contribution in [3.63, 3.8) is 0 Å². The van der Waals surface area contributed by atoms with Gasteiger partial charge in [-0.15, -0.1) is 0 Å². The molecule has 0 aliphatic carbocycles. The van der Waals surface area contributed by atoms with Gasteiger partial charge in [0.15, 0.2) is 0 Å². The van der Waals surface area contributed by atoms with Crippen molar-refractivity contribution in [2.45, 2.75) is 57.7 Å². The van der Waals surface area contributed by atoms with Crippen LogP contribution in [0.1, 0.15) is 64.3 Å². The third-order valence-electron chi connectivity index (χ3n) is 6.41. The summed E-state index contributed by atoms with van der Waals surface area (Å²) < 4.78 is 16.6. The second kappa shape index (κ2) is 11.4. The van der Waals surface area contributed by atoms with Crippen molar-refractivity contribution < 1.29 is 4.21 Å². The lowest BCUT2D eigenvalue weighted by atomic mass is 9.86. The normalized spacial score (nSPS) is 13.9. The lowest BCUT2D eigenvalue weighted by Gasteiger charge is -2.29. The van der Waals surface area contributed by atoms with Crippen molar-refractivity contribution in [1.29, 1.82) is 0 Å². The third kappa shape index (κ3) is 6.65. The lowest BCUT2D eigenvalue weighted by molar-refractivity contribution is 0.589. The highest BCUT2D eigenvalue weighted by molar-refractivity contribution is 7.84. The molecule has 0 spiro atoms. The van der Waals surface area contributed by atoms with Crippen LogP contribution in [0.25, 0.3) is 0 Å². The summed E-state index contributed by atoms with van der Waals surface area (Å²) in [6.45, 7) is 12.7. The van der Waals surface area contributed by atoms with E-state index in [1.807, 2.05) is 20.8 Å². The smallest absolute Gasteiger partial charge is 0.0979 e. The van der Waals surface area contributed by atoms with Crippen molar-refractivity contribution in [3.05, 3.63) is 126 Å². The molecule has 1 unspecified atom stereocenters. The minimum atomic E-state index is -1.24. The van der Waals surface area contributed by atoms with Crippen molar-refractivity contribution >= 4 is 34.8 Å². The second-order valence-corrected chi connectivity index (χ2v) is 15.6. The fraction of sp³-hybridized carbons (Fsp3) is 0.273. The van der Waals surface area contributed by atoms with E-state index in [2.05, 4.69) is 135 Å². The average Bonchev–Trinajstić information content (AvgIpc) is 2.88. The zero-order chi connectivity index (χ0) is 26.6. The highest BCUT2D eigenvalue weighted by atomic mass is 32.2. The molecule has 2 atom stereocenters. The van der Waals surface area contributed by atoms with E-state index in [0.29, 0.717) is 0 Å². The molecule has 2 nitrogen and oxygen atoms in total. The second-order valence-electron chi connectivity index (χ2n) is 11.4. The molecule has 0 aromatic heterocycles. The first-order valence-electron chi connectivity index (χ1n) is 12.8. The summed E-state index contributed by atoms with van der Waals surface area (Å²) in [5.41, 5.74) is 3.65. The highest BCUT2D eigenvalue weighted by Gasteiger charge is 2.29.